The fraction of sp³-hybridized carbons (Fsp3) is 0.375. The third-order valence-corrected chi connectivity index (χ3v) is 2.21. The monoisotopic (exact) mass is 201 g/mol. The molecule has 0 saturated heterocycles. The number of aromatic nitrogens is 1. The summed E-state index contributed by atoms with van der Waals surface area (Å²) in [5.41, 5.74) is 0. The Kier molecular flexibility index (Phi) is 4.09. The highest BCUT2D eigenvalue weighted by Crippen LogP contribution is 2.10. The molecule has 0 fully saturated rings. The summed E-state index contributed by atoms with van der Waals surface area (Å²) in [7, 11) is 0. The average molecular weight is 202 g/mol. The van der Waals surface area contributed by atoms with Crippen LogP contribution in [-0.4, -0.2) is 16.0 Å². The quantitative estimate of drug-likeness (QED) is 0.583. The maximum Gasteiger partial charge on any atom is 0.167 e. The SMILES string of the molecule is OCc1cnc(C#CCCCl)s1. The molecule has 1 aromatic rings. The summed E-state index contributed by atoms with van der Waals surface area (Å²) in [4.78, 5) is 4.84. The van der Waals surface area contributed by atoms with Crippen LogP contribution in [0.15, 0.2) is 6.20 Å². The molecule has 12 heavy (non-hydrogen) atoms. The highest BCUT2D eigenvalue weighted by molar-refractivity contribution is 7.12. The maximum absolute atomic E-state index is 8.72. The number of aliphatic hydroxyl groups excluding tert-OH is 1. The summed E-state index contributed by atoms with van der Waals surface area (Å²) in [5.74, 6) is 6.28. The first-order chi connectivity index (χ1) is 5.86. The van der Waals surface area contributed by atoms with Gasteiger partial charge < -0.3 is 5.11 Å². The molecule has 0 aliphatic heterocycles. The highest BCUT2D eigenvalue weighted by atomic mass is 35.5. The number of alkyl halides is 1. The number of hydrogen-bond donors (Lipinski definition) is 1. The Morgan fingerprint density at radius 1 is 1.67 bits per heavy atom. The lowest BCUT2D eigenvalue weighted by Crippen LogP contribution is -1.70. The van der Waals surface area contributed by atoms with Crippen LogP contribution in [0.5, 0.6) is 0 Å². The summed E-state index contributed by atoms with van der Waals surface area (Å²) in [6.07, 6.45) is 2.31. The van der Waals surface area contributed by atoms with Crippen molar-refractivity contribution >= 4 is 22.9 Å². The molecule has 0 aliphatic carbocycles. The second kappa shape index (κ2) is 5.15. The van der Waals surface area contributed by atoms with Crippen molar-refractivity contribution in [3.8, 4) is 11.8 Å². The molecule has 0 amide bonds. The van der Waals surface area contributed by atoms with Gasteiger partial charge in [0.2, 0.25) is 0 Å². The van der Waals surface area contributed by atoms with Gasteiger partial charge in [-0.05, 0) is 5.92 Å². The molecule has 2 nitrogen and oxygen atoms in total. The van der Waals surface area contributed by atoms with E-state index in [-0.39, 0.29) is 6.61 Å². The van der Waals surface area contributed by atoms with Gasteiger partial charge in [0.25, 0.3) is 0 Å². The fourth-order valence-electron chi connectivity index (χ4n) is 0.624. The first kappa shape index (κ1) is 9.53. The number of thiazole rings is 1. The molecule has 1 rings (SSSR count). The van der Waals surface area contributed by atoms with E-state index in [9.17, 15) is 0 Å². The average Bonchev–Trinajstić information content (AvgIpc) is 2.53. The summed E-state index contributed by atoms with van der Waals surface area (Å²) in [5, 5.41) is 9.46. The van der Waals surface area contributed by atoms with E-state index in [1.165, 1.54) is 11.3 Å². The summed E-state index contributed by atoms with van der Waals surface area (Å²) >= 11 is 6.85. The van der Waals surface area contributed by atoms with E-state index in [1.54, 1.807) is 6.20 Å². The molecule has 64 valence electrons. The van der Waals surface area contributed by atoms with Gasteiger partial charge in [-0.1, -0.05) is 5.92 Å². The third kappa shape index (κ3) is 2.82. The third-order valence-electron chi connectivity index (χ3n) is 1.12. The van der Waals surface area contributed by atoms with Crippen molar-refractivity contribution in [1.82, 2.24) is 4.98 Å². The topological polar surface area (TPSA) is 33.1 Å². The number of aliphatic hydroxyl groups is 1. The van der Waals surface area contributed by atoms with E-state index in [0.717, 1.165) is 9.88 Å². The van der Waals surface area contributed by atoms with Crippen molar-refractivity contribution in [2.45, 2.75) is 13.0 Å². The van der Waals surface area contributed by atoms with Crippen LogP contribution in [0.4, 0.5) is 0 Å². The zero-order valence-corrected chi connectivity index (χ0v) is 7.95. The van der Waals surface area contributed by atoms with Crippen LogP contribution >= 0.6 is 22.9 Å². The van der Waals surface area contributed by atoms with Crippen LogP contribution in [0, 0.1) is 11.8 Å². The summed E-state index contributed by atoms with van der Waals surface area (Å²) < 4.78 is 0. The molecule has 0 atom stereocenters. The van der Waals surface area contributed by atoms with Crippen LogP contribution < -0.4 is 0 Å². The number of halogens is 1. The van der Waals surface area contributed by atoms with Crippen LogP contribution in [0.2, 0.25) is 0 Å². The van der Waals surface area contributed by atoms with Crippen molar-refractivity contribution in [3.05, 3.63) is 16.1 Å². The smallest absolute Gasteiger partial charge is 0.167 e. The molecular weight excluding hydrogens is 194 g/mol. The second-order valence-corrected chi connectivity index (χ2v) is 3.52. The van der Waals surface area contributed by atoms with Crippen molar-refractivity contribution in [1.29, 1.82) is 0 Å². The van der Waals surface area contributed by atoms with Gasteiger partial charge in [-0.15, -0.1) is 22.9 Å². The first-order valence-corrected chi connectivity index (χ1v) is 4.82. The van der Waals surface area contributed by atoms with Crippen LogP contribution in [0.1, 0.15) is 16.3 Å². The number of hydrogen-bond acceptors (Lipinski definition) is 3. The molecule has 0 unspecified atom stereocenters. The standard InChI is InChI=1S/C8H8ClNOS/c9-4-2-1-3-8-10-5-7(6-11)12-8/h5,11H,2,4,6H2. The van der Waals surface area contributed by atoms with Gasteiger partial charge in [0.05, 0.1) is 11.5 Å². The largest absolute Gasteiger partial charge is 0.391 e. The number of rotatable bonds is 2. The minimum Gasteiger partial charge on any atom is -0.391 e. The molecule has 1 aromatic heterocycles. The predicted molar refractivity (Wildman–Crippen MR) is 50.3 cm³/mol. The molecule has 0 saturated carbocycles. The van der Waals surface area contributed by atoms with Gasteiger partial charge in [-0.2, -0.15) is 0 Å². The normalized spacial score (nSPS) is 9.17. The lowest BCUT2D eigenvalue weighted by atomic mass is 10.5. The van der Waals surface area contributed by atoms with Gasteiger partial charge in [-0.3, -0.25) is 0 Å². The van der Waals surface area contributed by atoms with Crippen molar-refractivity contribution in [3.63, 3.8) is 0 Å². The fourth-order valence-corrected chi connectivity index (χ4v) is 1.37. The predicted octanol–water partition coefficient (Wildman–Crippen LogP) is 1.62. The van der Waals surface area contributed by atoms with E-state index in [0.29, 0.717) is 12.3 Å². The van der Waals surface area contributed by atoms with Crippen LogP contribution in [-0.2, 0) is 6.61 Å². The first-order valence-electron chi connectivity index (χ1n) is 3.47. The molecule has 0 aromatic carbocycles. The minimum absolute atomic E-state index is 0.0366. The maximum atomic E-state index is 8.72. The van der Waals surface area contributed by atoms with E-state index in [2.05, 4.69) is 16.8 Å². The Hall–Kier alpha value is -0.560. The van der Waals surface area contributed by atoms with Gasteiger partial charge in [0.1, 0.15) is 0 Å². The Labute approximate surface area is 80.2 Å². The van der Waals surface area contributed by atoms with E-state index < -0.39 is 0 Å². The Balaban J connectivity index is 2.59. The zero-order valence-electron chi connectivity index (χ0n) is 6.38. The second-order valence-electron chi connectivity index (χ2n) is 2.03. The van der Waals surface area contributed by atoms with Gasteiger partial charge in [0.15, 0.2) is 5.01 Å². The minimum atomic E-state index is 0.0366. The molecule has 1 heterocycles. The van der Waals surface area contributed by atoms with Gasteiger partial charge >= 0.3 is 0 Å². The molecule has 0 spiro atoms. The van der Waals surface area contributed by atoms with Gasteiger partial charge in [-0.25, -0.2) is 4.98 Å². The Morgan fingerprint density at radius 3 is 3.08 bits per heavy atom. The Morgan fingerprint density at radius 2 is 2.50 bits per heavy atom. The lowest BCUT2D eigenvalue weighted by Gasteiger charge is -1.79. The highest BCUT2D eigenvalue weighted by Gasteiger charge is 1.95. The van der Waals surface area contributed by atoms with E-state index in [4.69, 9.17) is 16.7 Å². The van der Waals surface area contributed by atoms with E-state index >= 15 is 0 Å². The molecule has 1 N–H and O–H groups in total. The van der Waals surface area contributed by atoms with Crippen molar-refractivity contribution in [2.75, 3.05) is 5.88 Å². The van der Waals surface area contributed by atoms with Crippen molar-refractivity contribution in [2.24, 2.45) is 0 Å². The molecule has 4 heteroatoms. The Bertz CT molecular complexity index is 299. The zero-order chi connectivity index (χ0) is 8.81. The number of nitrogens with zero attached hydrogens (tertiary/aromatic N) is 1. The summed E-state index contributed by atoms with van der Waals surface area (Å²) in [6.45, 7) is 0.0366. The molecule has 0 bridgehead atoms. The van der Waals surface area contributed by atoms with Crippen molar-refractivity contribution < 1.29 is 5.11 Å². The van der Waals surface area contributed by atoms with Crippen LogP contribution in [0.25, 0.3) is 0 Å². The molecular formula is C8H8ClNOS. The molecule has 0 radical (unpaired) electrons. The molecule has 0 aliphatic rings. The summed E-state index contributed by atoms with van der Waals surface area (Å²) in [6, 6.07) is 0. The van der Waals surface area contributed by atoms with E-state index in [1.807, 2.05) is 0 Å². The lowest BCUT2D eigenvalue weighted by molar-refractivity contribution is 0.285. The van der Waals surface area contributed by atoms with Crippen LogP contribution in [0.3, 0.4) is 0 Å². The van der Waals surface area contributed by atoms with Gasteiger partial charge in [0, 0.05) is 18.5 Å².